The van der Waals surface area contributed by atoms with Crippen LogP contribution in [-0.2, 0) is 21.0 Å². The number of halogens is 4. The van der Waals surface area contributed by atoms with Crippen LogP contribution in [0, 0.1) is 11.2 Å². The van der Waals surface area contributed by atoms with E-state index in [1.807, 2.05) is 0 Å². The highest BCUT2D eigenvalue weighted by atomic mass is 32.2. The van der Waals surface area contributed by atoms with Crippen molar-refractivity contribution >= 4 is 27.4 Å². The normalized spacial score (nSPS) is 18.4. The maximum absolute atomic E-state index is 14.1. The molecule has 0 saturated carbocycles. The highest BCUT2D eigenvalue weighted by molar-refractivity contribution is 7.89. The van der Waals surface area contributed by atoms with Crippen LogP contribution in [0.2, 0.25) is 0 Å². The second-order valence-electron chi connectivity index (χ2n) is 9.07. The lowest BCUT2D eigenvalue weighted by Gasteiger charge is -2.29. The Morgan fingerprint density at radius 1 is 1.17 bits per heavy atom. The van der Waals surface area contributed by atoms with Crippen molar-refractivity contribution in [2.45, 2.75) is 37.4 Å². The van der Waals surface area contributed by atoms with Crippen molar-refractivity contribution < 1.29 is 45.7 Å². The van der Waals surface area contributed by atoms with Crippen molar-refractivity contribution in [2.75, 3.05) is 31.7 Å². The van der Waals surface area contributed by atoms with Gasteiger partial charge in [-0.1, -0.05) is 0 Å². The Hall–Kier alpha value is -2.90. The minimum atomic E-state index is -4.97. The van der Waals surface area contributed by atoms with Crippen LogP contribution in [0.1, 0.15) is 25.8 Å². The van der Waals surface area contributed by atoms with Crippen molar-refractivity contribution in [3.05, 3.63) is 47.8 Å². The Kier molecular flexibility index (Phi) is 7.59. The van der Waals surface area contributed by atoms with E-state index in [9.17, 15) is 41.0 Å². The number of carboxylic acids is 1. The number of carbonyl (C=O) groups is 1. The van der Waals surface area contributed by atoms with Crippen LogP contribution in [0.3, 0.4) is 0 Å². The molecule has 1 heterocycles. The summed E-state index contributed by atoms with van der Waals surface area (Å²) in [5.41, 5.74) is -2.93. The third-order valence-corrected chi connectivity index (χ3v) is 7.93. The number of carboxylic acid groups (broad SMARTS) is 1. The van der Waals surface area contributed by atoms with E-state index >= 15 is 0 Å². The van der Waals surface area contributed by atoms with E-state index in [0.717, 1.165) is 22.5 Å². The number of sulfonamides is 1. The molecule has 1 atom stereocenters. The Morgan fingerprint density at radius 2 is 1.78 bits per heavy atom. The van der Waals surface area contributed by atoms with E-state index in [0.29, 0.717) is 6.07 Å². The quantitative estimate of drug-likeness (QED) is 0.520. The van der Waals surface area contributed by atoms with Crippen LogP contribution in [0.15, 0.2) is 41.3 Å². The van der Waals surface area contributed by atoms with Gasteiger partial charge in [0.05, 0.1) is 16.7 Å². The fourth-order valence-electron chi connectivity index (χ4n) is 3.69. The molecule has 0 amide bonds. The fraction of sp³-hybridized carbons (Fsp3) is 0.435. The van der Waals surface area contributed by atoms with E-state index in [4.69, 9.17) is 4.74 Å². The van der Waals surface area contributed by atoms with Gasteiger partial charge in [0.2, 0.25) is 10.0 Å². The minimum Gasteiger partial charge on any atom is -0.492 e. The van der Waals surface area contributed by atoms with Gasteiger partial charge in [0.15, 0.2) is 0 Å². The molecule has 1 aliphatic heterocycles. The van der Waals surface area contributed by atoms with Crippen LogP contribution in [0.25, 0.3) is 0 Å². The van der Waals surface area contributed by atoms with Crippen molar-refractivity contribution in [2.24, 2.45) is 5.41 Å². The molecule has 198 valence electrons. The topological polar surface area (TPSA) is 107 Å². The van der Waals surface area contributed by atoms with E-state index in [2.05, 4.69) is 0 Å². The molecule has 2 aromatic rings. The van der Waals surface area contributed by atoms with Gasteiger partial charge in [-0.25, -0.2) is 12.8 Å². The molecule has 2 N–H and O–H groups in total. The highest BCUT2D eigenvalue weighted by Gasteiger charge is 2.42. The van der Waals surface area contributed by atoms with Crippen LogP contribution in [0.4, 0.5) is 28.9 Å². The predicted molar refractivity (Wildman–Crippen MR) is 122 cm³/mol. The molecular weight excluding hydrogens is 508 g/mol. The minimum absolute atomic E-state index is 0.0102. The average Bonchev–Trinajstić information content (AvgIpc) is 2.86. The van der Waals surface area contributed by atoms with Crippen molar-refractivity contribution in [3.63, 3.8) is 0 Å². The standard InChI is InChI=1S/C23H26F4N2O6S/c1-22(2,21(31)32)13-35-19-11-20-18(10-17(19)23(25,26)27)29(15-6-4-14(24)5-7-15)12-16(8-9-30)28(3)36(20,33)34/h4-7,10-11,16,30H,8-9,12-13H2,1-3H3,(H,31,32)/t16-/m1/s1. The number of alkyl halides is 3. The Balaban J connectivity index is 2.28. The summed E-state index contributed by atoms with van der Waals surface area (Å²) >= 11 is 0. The zero-order valence-corrected chi connectivity index (χ0v) is 20.5. The number of aliphatic hydroxyl groups excluding tert-OH is 1. The first kappa shape index (κ1) is 27.7. The number of aliphatic hydroxyl groups is 1. The number of likely N-dealkylation sites (N-methyl/N-ethyl adjacent to an activating group) is 1. The first-order valence-electron chi connectivity index (χ1n) is 10.8. The first-order chi connectivity index (χ1) is 16.6. The molecule has 0 aromatic heterocycles. The number of fused-ring (bicyclic) bond motifs is 1. The maximum atomic E-state index is 14.1. The lowest BCUT2D eigenvalue weighted by atomic mass is 9.95. The summed E-state index contributed by atoms with van der Waals surface area (Å²) in [5.74, 6) is -2.74. The molecular formula is C23H26F4N2O6S. The van der Waals surface area contributed by atoms with Gasteiger partial charge >= 0.3 is 12.1 Å². The predicted octanol–water partition coefficient (Wildman–Crippen LogP) is 3.86. The van der Waals surface area contributed by atoms with Crippen LogP contribution >= 0.6 is 0 Å². The molecule has 0 fully saturated rings. The second-order valence-corrected chi connectivity index (χ2v) is 11.0. The van der Waals surface area contributed by atoms with Gasteiger partial charge in [0.25, 0.3) is 0 Å². The smallest absolute Gasteiger partial charge is 0.420 e. The summed E-state index contributed by atoms with van der Waals surface area (Å²) in [5, 5.41) is 18.8. The number of anilines is 2. The Labute approximate surface area is 205 Å². The molecule has 8 nitrogen and oxygen atoms in total. The summed E-state index contributed by atoms with van der Waals surface area (Å²) in [6, 6.07) is 5.33. The molecule has 0 spiro atoms. The Bertz CT molecular complexity index is 1230. The molecule has 0 radical (unpaired) electrons. The SMILES string of the molecule is CN1[C@H](CCO)CN(c2ccc(F)cc2)c2cc(C(F)(F)F)c(OCC(C)(C)C(=O)O)cc2S1(=O)=O. The zero-order valence-electron chi connectivity index (χ0n) is 19.7. The second kappa shape index (κ2) is 9.87. The first-order valence-corrected chi connectivity index (χ1v) is 12.3. The maximum Gasteiger partial charge on any atom is 0.420 e. The molecule has 0 unspecified atom stereocenters. The molecule has 1 aliphatic rings. The number of benzene rings is 2. The largest absolute Gasteiger partial charge is 0.492 e. The van der Waals surface area contributed by atoms with E-state index in [1.54, 1.807) is 0 Å². The lowest BCUT2D eigenvalue weighted by Crippen LogP contribution is -2.41. The molecule has 0 bridgehead atoms. The average molecular weight is 535 g/mol. The van der Waals surface area contributed by atoms with Gasteiger partial charge in [-0.15, -0.1) is 0 Å². The number of nitrogens with zero attached hydrogens (tertiary/aromatic N) is 2. The highest BCUT2D eigenvalue weighted by Crippen LogP contribution is 2.46. The number of hydrogen-bond acceptors (Lipinski definition) is 6. The van der Waals surface area contributed by atoms with Crippen molar-refractivity contribution in [3.8, 4) is 5.75 Å². The molecule has 13 heteroatoms. The van der Waals surface area contributed by atoms with Gasteiger partial charge in [-0.3, -0.25) is 4.79 Å². The number of hydrogen-bond donors (Lipinski definition) is 2. The van der Waals surface area contributed by atoms with Crippen LogP contribution in [0.5, 0.6) is 5.75 Å². The summed E-state index contributed by atoms with van der Waals surface area (Å²) in [4.78, 5) is 12.2. The lowest BCUT2D eigenvalue weighted by molar-refractivity contribution is -0.148. The van der Waals surface area contributed by atoms with Crippen molar-refractivity contribution in [1.82, 2.24) is 4.31 Å². The summed E-state index contributed by atoms with van der Waals surface area (Å²) in [6.45, 7) is 1.34. The summed E-state index contributed by atoms with van der Waals surface area (Å²) in [7, 11) is -3.14. The van der Waals surface area contributed by atoms with Crippen molar-refractivity contribution in [1.29, 1.82) is 0 Å². The van der Waals surface area contributed by atoms with Gasteiger partial charge in [-0.05, 0) is 50.6 Å². The molecule has 0 aliphatic carbocycles. The molecule has 2 aromatic carbocycles. The number of aliphatic carboxylic acids is 1. The molecule has 3 rings (SSSR count). The van der Waals surface area contributed by atoms with E-state index in [-0.39, 0.29) is 30.9 Å². The van der Waals surface area contributed by atoms with E-state index in [1.165, 1.54) is 37.9 Å². The van der Waals surface area contributed by atoms with Gasteiger partial charge in [0.1, 0.15) is 23.1 Å². The number of rotatable bonds is 7. The van der Waals surface area contributed by atoms with Gasteiger partial charge in [-0.2, -0.15) is 17.5 Å². The third kappa shape index (κ3) is 5.42. The molecule has 0 saturated heterocycles. The fourth-order valence-corrected chi connectivity index (χ4v) is 5.26. The zero-order chi connectivity index (χ0) is 27.1. The van der Waals surface area contributed by atoms with Gasteiger partial charge in [0, 0.05) is 38.0 Å². The van der Waals surface area contributed by atoms with E-state index < -0.39 is 62.3 Å². The third-order valence-electron chi connectivity index (χ3n) is 5.99. The molecule has 36 heavy (non-hydrogen) atoms. The van der Waals surface area contributed by atoms with Crippen LogP contribution in [-0.4, -0.2) is 61.8 Å². The van der Waals surface area contributed by atoms with Crippen LogP contribution < -0.4 is 9.64 Å². The monoisotopic (exact) mass is 534 g/mol. The Morgan fingerprint density at radius 3 is 2.31 bits per heavy atom. The summed E-state index contributed by atoms with van der Waals surface area (Å²) in [6.07, 6.45) is -4.98. The summed E-state index contributed by atoms with van der Waals surface area (Å²) < 4.78 is 89.0. The number of ether oxygens (including phenoxy) is 1. The van der Waals surface area contributed by atoms with Gasteiger partial charge < -0.3 is 19.8 Å².